The van der Waals surface area contributed by atoms with Crippen LogP contribution < -0.4 is 10.6 Å². The zero-order valence-electron chi connectivity index (χ0n) is 8.44. The zero-order chi connectivity index (χ0) is 9.97. The van der Waals surface area contributed by atoms with E-state index < -0.39 is 0 Å². The molecule has 2 heterocycles. The Labute approximate surface area is 88.3 Å². The lowest BCUT2D eigenvalue weighted by molar-refractivity contribution is 0.271. The van der Waals surface area contributed by atoms with Crippen LogP contribution in [0.1, 0.15) is 6.92 Å². The van der Waals surface area contributed by atoms with Crippen molar-refractivity contribution in [2.24, 2.45) is 0 Å². The Morgan fingerprint density at radius 1 is 1.43 bits per heavy atom. The van der Waals surface area contributed by atoms with Crippen molar-refractivity contribution in [1.82, 2.24) is 9.88 Å². The first-order chi connectivity index (χ1) is 6.79. The van der Waals surface area contributed by atoms with Gasteiger partial charge in [0, 0.05) is 26.2 Å². The van der Waals surface area contributed by atoms with Crippen molar-refractivity contribution in [3.63, 3.8) is 0 Å². The summed E-state index contributed by atoms with van der Waals surface area (Å²) in [5, 5.41) is 1.87. The molecule has 1 aromatic rings. The molecule has 2 rings (SSSR count). The van der Waals surface area contributed by atoms with Crippen molar-refractivity contribution in [3.05, 3.63) is 6.20 Å². The molecule has 0 radical (unpaired) electrons. The predicted molar refractivity (Wildman–Crippen MR) is 60.9 cm³/mol. The lowest BCUT2D eigenvalue weighted by Gasteiger charge is -2.34. The number of nitrogen functional groups attached to an aromatic ring is 1. The third-order valence-electron chi connectivity index (χ3n) is 2.64. The van der Waals surface area contributed by atoms with E-state index in [9.17, 15) is 0 Å². The average Bonchev–Trinajstić information content (AvgIpc) is 2.65. The van der Waals surface area contributed by atoms with E-state index in [0.29, 0.717) is 5.13 Å². The van der Waals surface area contributed by atoms with Gasteiger partial charge in [-0.2, -0.15) is 0 Å². The molecule has 14 heavy (non-hydrogen) atoms. The molecule has 1 saturated heterocycles. The molecule has 0 spiro atoms. The number of anilines is 2. The van der Waals surface area contributed by atoms with Crippen LogP contribution in [0.15, 0.2) is 6.20 Å². The van der Waals surface area contributed by atoms with Crippen molar-refractivity contribution in [3.8, 4) is 0 Å². The molecular formula is C9H16N4S. The monoisotopic (exact) mass is 212 g/mol. The molecule has 0 aliphatic carbocycles. The topological polar surface area (TPSA) is 45.4 Å². The Balaban J connectivity index is 1.95. The predicted octanol–water partition coefficient (Wildman–Crippen LogP) is 0.867. The maximum Gasteiger partial charge on any atom is 0.181 e. The van der Waals surface area contributed by atoms with Crippen LogP contribution in [0, 0.1) is 0 Å². The quantitative estimate of drug-likeness (QED) is 0.790. The Hall–Kier alpha value is -0.810. The molecule has 0 amide bonds. The van der Waals surface area contributed by atoms with E-state index in [1.807, 2.05) is 6.20 Å². The average molecular weight is 212 g/mol. The highest BCUT2D eigenvalue weighted by Crippen LogP contribution is 2.25. The number of thiazole rings is 1. The number of likely N-dealkylation sites (N-methyl/N-ethyl adjacent to an activating group) is 1. The summed E-state index contributed by atoms with van der Waals surface area (Å²) in [6.45, 7) is 7.84. The number of aromatic nitrogens is 1. The van der Waals surface area contributed by atoms with Crippen molar-refractivity contribution < 1.29 is 0 Å². The lowest BCUT2D eigenvalue weighted by Crippen LogP contribution is -2.45. The Bertz CT molecular complexity index is 291. The van der Waals surface area contributed by atoms with Crippen LogP contribution in [0.3, 0.4) is 0 Å². The number of rotatable bonds is 2. The molecule has 2 N–H and O–H groups in total. The molecule has 1 fully saturated rings. The number of hydrogen-bond donors (Lipinski definition) is 1. The second kappa shape index (κ2) is 4.14. The zero-order valence-corrected chi connectivity index (χ0v) is 9.26. The van der Waals surface area contributed by atoms with Gasteiger partial charge in [0.25, 0.3) is 0 Å². The molecule has 1 aliphatic rings. The van der Waals surface area contributed by atoms with Gasteiger partial charge in [0.05, 0.1) is 6.20 Å². The van der Waals surface area contributed by atoms with Crippen LogP contribution in [0.2, 0.25) is 0 Å². The van der Waals surface area contributed by atoms with Crippen molar-refractivity contribution >= 4 is 21.5 Å². The normalized spacial score (nSPS) is 18.8. The summed E-state index contributed by atoms with van der Waals surface area (Å²) < 4.78 is 0. The van der Waals surface area contributed by atoms with E-state index in [0.717, 1.165) is 32.7 Å². The third-order valence-corrected chi connectivity index (χ3v) is 3.53. The first kappa shape index (κ1) is 9.73. The Morgan fingerprint density at radius 2 is 2.14 bits per heavy atom. The van der Waals surface area contributed by atoms with Crippen LogP contribution in [0.5, 0.6) is 0 Å². The third kappa shape index (κ3) is 1.99. The SMILES string of the molecule is CCN1CCN(c2cnc(N)s2)CC1. The van der Waals surface area contributed by atoms with E-state index in [1.54, 1.807) is 11.3 Å². The van der Waals surface area contributed by atoms with Gasteiger partial charge < -0.3 is 15.5 Å². The summed E-state index contributed by atoms with van der Waals surface area (Å²) in [7, 11) is 0. The first-order valence-electron chi connectivity index (χ1n) is 4.98. The second-order valence-electron chi connectivity index (χ2n) is 3.46. The molecule has 4 nitrogen and oxygen atoms in total. The van der Waals surface area contributed by atoms with Gasteiger partial charge in [-0.25, -0.2) is 4.98 Å². The van der Waals surface area contributed by atoms with Crippen molar-refractivity contribution in [2.45, 2.75) is 6.92 Å². The van der Waals surface area contributed by atoms with E-state index in [2.05, 4.69) is 21.7 Å². The van der Waals surface area contributed by atoms with Gasteiger partial charge in [-0.15, -0.1) is 0 Å². The molecule has 5 heteroatoms. The summed E-state index contributed by atoms with van der Waals surface area (Å²) in [4.78, 5) is 8.89. The van der Waals surface area contributed by atoms with E-state index in [4.69, 9.17) is 5.73 Å². The molecule has 78 valence electrons. The fraction of sp³-hybridized carbons (Fsp3) is 0.667. The van der Waals surface area contributed by atoms with Crippen LogP contribution in [0.25, 0.3) is 0 Å². The summed E-state index contributed by atoms with van der Waals surface area (Å²) in [5.74, 6) is 0. The summed E-state index contributed by atoms with van der Waals surface area (Å²) in [6.07, 6.45) is 1.88. The molecule has 0 bridgehead atoms. The highest BCUT2D eigenvalue weighted by molar-refractivity contribution is 7.19. The van der Waals surface area contributed by atoms with Gasteiger partial charge in [-0.3, -0.25) is 0 Å². The van der Waals surface area contributed by atoms with Gasteiger partial charge in [0.1, 0.15) is 5.00 Å². The fourth-order valence-corrected chi connectivity index (χ4v) is 2.45. The van der Waals surface area contributed by atoms with Gasteiger partial charge in [-0.1, -0.05) is 18.3 Å². The molecular weight excluding hydrogens is 196 g/mol. The molecule has 1 aromatic heterocycles. The Kier molecular flexibility index (Phi) is 2.88. The minimum Gasteiger partial charge on any atom is -0.375 e. The minimum atomic E-state index is 0.665. The first-order valence-corrected chi connectivity index (χ1v) is 5.80. The summed E-state index contributed by atoms with van der Waals surface area (Å²) >= 11 is 1.58. The number of piperazine rings is 1. The van der Waals surface area contributed by atoms with E-state index in [-0.39, 0.29) is 0 Å². The van der Waals surface area contributed by atoms with Crippen molar-refractivity contribution in [1.29, 1.82) is 0 Å². The lowest BCUT2D eigenvalue weighted by atomic mass is 10.3. The molecule has 1 aliphatic heterocycles. The van der Waals surface area contributed by atoms with Crippen LogP contribution in [-0.2, 0) is 0 Å². The number of nitrogens with zero attached hydrogens (tertiary/aromatic N) is 3. The maximum atomic E-state index is 5.61. The minimum absolute atomic E-state index is 0.665. The maximum absolute atomic E-state index is 5.61. The number of nitrogens with two attached hydrogens (primary N) is 1. The summed E-state index contributed by atoms with van der Waals surface area (Å²) in [6, 6.07) is 0. The van der Waals surface area contributed by atoms with Crippen LogP contribution in [0.4, 0.5) is 10.1 Å². The second-order valence-corrected chi connectivity index (χ2v) is 4.50. The fourth-order valence-electron chi connectivity index (χ4n) is 1.71. The highest BCUT2D eigenvalue weighted by Gasteiger charge is 2.17. The van der Waals surface area contributed by atoms with Crippen LogP contribution >= 0.6 is 11.3 Å². The van der Waals surface area contributed by atoms with E-state index >= 15 is 0 Å². The van der Waals surface area contributed by atoms with Crippen LogP contribution in [-0.4, -0.2) is 42.6 Å². The molecule has 0 saturated carbocycles. The van der Waals surface area contributed by atoms with Gasteiger partial charge in [0.2, 0.25) is 0 Å². The van der Waals surface area contributed by atoms with E-state index in [1.165, 1.54) is 5.00 Å². The van der Waals surface area contributed by atoms with Gasteiger partial charge in [0.15, 0.2) is 5.13 Å². The number of hydrogen-bond acceptors (Lipinski definition) is 5. The van der Waals surface area contributed by atoms with Crippen molar-refractivity contribution in [2.75, 3.05) is 43.4 Å². The van der Waals surface area contributed by atoms with Gasteiger partial charge >= 0.3 is 0 Å². The molecule has 0 unspecified atom stereocenters. The standard InChI is InChI=1S/C9H16N4S/c1-2-12-3-5-13(6-4-12)8-7-11-9(10)14-8/h7H,2-6H2,1H3,(H2,10,11). The Morgan fingerprint density at radius 3 is 2.64 bits per heavy atom. The largest absolute Gasteiger partial charge is 0.375 e. The highest BCUT2D eigenvalue weighted by atomic mass is 32.1. The summed E-state index contributed by atoms with van der Waals surface area (Å²) in [5.41, 5.74) is 5.61. The molecule has 0 atom stereocenters. The molecule has 0 aromatic carbocycles. The van der Waals surface area contributed by atoms with Gasteiger partial charge in [-0.05, 0) is 6.54 Å². The smallest absolute Gasteiger partial charge is 0.181 e.